The quantitative estimate of drug-likeness (QED) is 0.222. The van der Waals surface area contributed by atoms with Gasteiger partial charge in [-0.15, -0.1) is 0 Å². The first kappa shape index (κ1) is 16.0. The molecule has 10 atom stereocenters. The van der Waals surface area contributed by atoms with Crippen molar-refractivity contribution in [3.63, 3.8) is 0 Å². The number of hydrogen-bond acceptors (Lipinski definition) is 10. The van der Waals surface area contributed by atoms with Crippen molar-refractivity contribution in [1.82, 2.24) is 0 Å². The molecule has 2 unspecified atom stereocenters. The van der Waals surface area contributed by atoms with Crippen molar-refractivity contribution in [2.75, 3.05) is 13.2 Å². The van der Waals surface area contributed by atoms with Gasteiger partial charge in [0.2, 0.25) is 0 Å². The highest BCUT2D eigenvalue weighted by Crippen LogP contribution is 2.24. The van der Waals surface area contributed by atoms with Crippen LogP contribution in [0, 0.1) is 0 Å². The van der Waals surface area contributed by atoms with E-state index in [1.807, 2.05) is 0 Å². The molecule has 0 amide bonds. The SMILES string of the molecule is [2H]C(O)[C@H](O)[C@@H](O)[C@@H](O[C@H]1O[C@H](C(=O)O)[C@H](O)[C@H](O)[C@H]1O)C([2H])O. The first-order valence-electron chi connectivity index (χ1n) is 7.29. The molecule has 11 nitrogen and oxygen atoms in total. The Morgan fingerprint density at radius 1 is 1.14 bits per heavy atom. The van der Waals surface area contributed by atoms with Crippen molar-refractivity contribution in [1.29, 1.82) is 0 Å². The van der Waals surface area contributed by atoms with Crippen molar-refractivity contribution in [2.45, 2.75) is 49.0 Å². The molecule has 8 N–H and O–H groups in total. The molecule has 0 aromatic carbocycles. The van der Waals surface area contributed by atoms with Crippen LogP contribution in [0.4, 0.5) is 0 Å². The van der Waals surface area contributed by atoms with E-state index < -0.39 is 68.2 Å². The van der Waals surface area contributed by atoms with E-state index in [-0.39, 0.29) is 0 Å². The number of ether oxygens (including phenoxy) is 2. The zero-order valence-corrected chi connectivity index (χ0v) is 11.1. The number of rotatable bonds is 7. The normalized spacial score (nSPS) is 40.8. The van der Waals surface area contributed by atoms with Gasteiger partial charge in [-0.25, -0.2) is 4.79 Å². The Morgan fingerprint density at radius 3 is 2.18 bits per heavy atom. The summed E-state index contributed by atoms with van der Waals surface area (Å²) in [6.07, 6.45) is -16.4. The highest BCUT2D eigenvalue weighted by molar-refractivity contribution is 5.73. The minimum absolute atomic E-state index is 1.70. The summed E-state index contributed by atoms with van der Waals surface area (Å²) in [5.74, 6) is -1.70. The number of aliphatic carboxylic acids is 1. The van der Waals surface area contributed by atoms with Gasteiger partial charge in [0.15, 0.2) is 12.4 Å². The molecule has 11 heteroatoms. The molecule has 0 aliphatic carbocycles. The second-order valence-corrected chi connectivity index (χ2v) is 4.62. The minimum Gasteiger partial charge on any atom is -0.479 e. The summed E-state index contributed by atoms with van der Waals surface area (Å²) in [5.41, 5.74) is 0. The van der Waals surface area contributed by atoms with E-state index in [9.17, 15) is 35.4 Å². The van der Waals surface area contributed by atoms with Crippen molar-refractivity contribution in [3.8, 4) is 0 Å². The Balaban J connectivity index is 2.94. The lowest BCUT2D eigenvalue weighted by molar-refractivity contribution is -0.315. The molecule has 0 radical (unpaired) electrons. The lowest BCUT2D eigenvalue weighted by Crippen LogP contribution is -2.61. The highest BCUT2D eigenvalue weighted by Gasteiger charge is 2.48. The average molecular weight is 330 g/mol. The number of carboxylic acids is 1. The predicted octanol–water partition coefficient (Wildman–Crippen LogP) is -5.03. The molecule has 0 spiro atoms. The van der Waals surface area contributed by atoms with Crippen LogP contribution in [0.25, 0.3) is 0 Å². The summed E-state index contributed by atoms with van der Waals surface area (Å²) in [6, 6.07) is 0. The molecule has 1 aliphatic rings. The van der Waals surface area contributed by atoms with Crippen molar-refractivity contribution >= 4 is 5.97 Å². The van der Waals surface area contributed by atoms with E-state index in [2.05, 4.69) is 0 Å². The molecule has 1 heterocycles. The number of aliphatic hydroxyl groups is 7. The molecule has 130 valence electrons. The molecule has 1 rings (SSSR count). The van der Waals surface area contributed by atoms with Crippen LogP contribution in [0.1, 0.15) is 2.74 Å². The van der Waals surface area contributed by atoms with E-state index >= 15 is 0 Å². The Labute approximate surface area is 127 Å². The Kier molecular flexibility index (Phi) is 5.89. The van der Waals surface area contributed by atoms with Crippen LogP contribution in [0.3, 0.4) is 0 Å². The molecule has 1 fully saturated rings. The molecule has 1 aliphatic heterocycles. The molecule has 0 aromatic rings. The van der Waals surface area contributed by atoms with E-state index in [0.29, 0.717) is 0 Å². The van der Waals surface area contributed by atoms with Gasteiger partial charge in [0.25, 0.3) is 0 Å². The van der Waals surface area contributed by atoms with Gasteiger partial charge in [0, 0.05) is 0 Å². The topological polar surface area (TPSA) is 197 Å². The van der Waals surface area contributed by atoms with Crippen LogP contribution >= 0.6 is 0 Å². The van der Waals surface area contributed by atoms with E-state index in [1.165, 1.54) is 0 Å². The summed E-state index contributed by atoms with van der Waals surface area (Å²) in [5, 5.41) is 75.0. The molecular formula is C11H20O11. The Hall–Kier alpha value is -0.890. The first-order chi connectivity index (χ1) is 11.0. The van der Waals surface area contributed by atoms with Crippen molar-refractivity contribution in [3.05, 3.63) is 0 Å². The average Bonchev–Trinajstić information content (AvgIpc) is 2.49. The lowest BCUT2D eigenvalue weighted by Gasteiger charge is -2.40. The Bertz CT molecular complexity index is 423. The van der Waals surface area contributed by atoms with Gasteiger partial charge >= 0.3 is 5.97 Å². The zero-order chi connectivity index (χ0) is 18.8. The van der Waals surface area contributed by atoms with Crippen LogP contribution in [-0.2, 0) is 14.3 Å². The Morgan fingerprint density at radius 2 is 1.73 bits per heavy atom. The van der Waals surface area contributed by atoms with Crippen LogP contribution in [0.2, 0.25) is 0 Å². The van der Waals surface area contributed by atoms with Crippen LogP contribution < -0.4 is 0 Å². The standard InChI is InChI=1S/C11H20O11/c12-1-3(14)5(15)4(2-13)21-11-8(18)6(16)7(17)9(22-11)10(19)20/h3-9,11-18H,1-2H2,(H,19,20)/t3-,4-,5+,6-,7+,8+,9-,11-/m0/s1/i1D,2D/t1?,2?,3-,4-,5+,6-,7+,8+,9-,11-. The number of carbonyl (C=O) groups is 1. The maximum absolute atomic E-state index is 10.9. The minimum atomic E-state index is -2.25. The fourth-order valence-electron chi connectivity index (χ4n) is 1.81. The molecule has 0 aromatic heterocycles. The third kappa shape index (κ3) is 4.10. The van der Waals surface area contributed by atoms with Crippen molar-refractivity contribution in [2.24, 2.45) is 0 Å². The fraction of sp³-hybridized carbons (Fsp3) is 0.909. The second-order valence-electron chi connectivity index (χ2n) is 4.62. The van der Waals surface area contributed by atoms with Gasteiger partial charge in [-0.2, -0.15) is 0 Å². The van der Waals surface area contributed by atoms with Crippen LogP contribution in [0.15, 0.2) is 0 Å². The summed E-state index contributed by atoms with van der Waals surface area (Å²) in [4.78, 5) is 10.9. The smallest absolute Gasteiger partial charge is 0.335 e. The monoisotopic (exact) mass is 330 g/mol. The zero-order valence-electron chi connectivity index (χ0n) is 13.1. The summed E-state index contributed by atoms with van der Waals surface area (Å²) in [7, 11) is 0. The largest absolute Gasteiger partial charge is 0.479 e. The summed E-state index contributed by atoms with van der Waals surface area (Å²) < 4.78 is 23.6. The second kappa shape index (κ2) is 8.10. The summed E-state index contributed by atoms with van der Waals surface area (Å²) >= 11 is 0. The first-order valence-corrected chi connectivity index (χ1v) is 6.13. The van der Waals surface area contributed by atoms with Crippen molar-refractivity contribution < 1.29 is 57.9 Å². The lowest BCUT2D eigenvalue weighted by atomic mass is 9.99. The van der Waals surface area contributed by atoms with Gasteiger partial charge in [0.1, 0.15) is 36.6 Å². The van der Waals surface area contributed by atoms with Gasteiger partial charge in [0.05, 0.1) is 15.9 Å². The fourth-order valence-corrected chi connectivity index (χ4v) is 1.81. The maximum atomic E-state index is 10.9. The highest BCUT2D eigenvalue weighted by atomic mass is 16.7. The third-order valence-corrected chi connectivity index (χ3v) is 3.09. The van der Waals surface area contributed by atoms with E-state index in [4.69, 9.17) is 22.4 Å². The molecular weight excluding hydrogens is 308 g/mol. The molecule has 22 heavy (non-hydrogen) atoms. The third-order valence-electron chi connectivity index (χ3n) is 3.09. The number of hydrogen-bond donors (Lipinski definition) is 8. The van der Waals surface area contributed by atoms with Gasteiger partial charge in [-0.05, 0) is 0 Å². The maximum Gasteiger partial charge on any atom is 0.335 e. The van der Waals surface area contributed by atoms with Gasteiger partial charge in [-0.3, -0.25) is 0 Å². The molecule has 0 bridgehead atoms. The van der Waals surface area contributed by atoms with Crippen LogP contribution in [0.5, 0.6) is 0 Å². The summed E-state index contributed by atoms with van der Waals surface area (Å²) in [6.45, 7) is -4.46. The van der Waals surface area contributed by atoms with Gasteiger partial charge in [-0.1, -0.05) is 0 Å². The van der Waals surface area contributed by atoms with Gasteiger partial charge < -0.3 is 50.3 Å². The van der Waals surface area contributed by atoms with E-state index in [1.54, 1.807) is 0 Å². The van der Waals surface area contributed by atoms with E-state index in [0.717, 1.165) is 0 Å². The predicted molar refractivity (Wildman–Crippen MR) is 65.4 cm³/mol. The van der Waals surface area contributed by atoms with Crippen LogP contribution in [-0.4, -0.2) is 109 Å². The molecule has 0 saturated carbocycles. The number of carboxylic acid groups (broad SMARTS) is 1. The number of aliphatic hydroxyl groups excluding tert-OH is 7. The molecule has 1 saturated heterocycles.